The number of nitrogen functional groups attached to an aromatic ring is 1. The molecule has 4 heterocycles. The first-order chi connectivity index (χ1) is 17.2. The van der Waals surface area contributed by atoms with Gasteiger partial charge in [-0.15, -0.1) is 16.9 Å². The van der Waals surface area contributed by atoms with E-state index in [0.29, 0.717) is 36.4 Å². The highest BCUT2D eigenvalue weighted by Crippen LogP contribution is 2.24. The summed E-state index contributed by atoms with van der Waals surface area (Å²) in [4.78, 5) is 13.9. The largest absolute Gasteiger partial charge is 0.491 e. The molecule has 1 aliphatic rings. The molecule has 3 aromatic heterocycles. The molecule has 1 saturated heterocycles. The molecule has 0 bridgehead atoms. The SMILES string of the molecule is COCCOc1ccc(N2CCN(CCSc3cc4nc(-c5ccco5)nn4c(N)n3)CC2)cc1. The number of benzene rings is 1. The minimum Gasteiger partial charge on any atom is -0.491 e. The number of piperazine rings is 1. The highest BCUT2D eigenvalue weighted by molar-refractivity contribution is 7.99. The summed E-state index contributed by atoms with van der Waals surface area (Å²) in [6, 6.07) is 13.8. The van der Waals surface area contributed by atoms with Gasteiger partial charge >= 0.3 is 0 Å². The minimum absolute atomic E-state index is 0.319. The highest BCUT2D eigenvalue weighted by atomic mass is 32.2. The van der Waals surface area contributed by atoms with Gasteiger partial charge in [0.15, 0.2) is 11.4 Å². The Morgan fingerprint density at radius 1 is 1.06 bits per heavy atom. The Labute approximate surface area is 208 Å². The van der Waals surface area contributed by atoms with Crippen LogP contribution in [0.5, 0.6) is 5.75 Å². The molecule has 0 spiro atoms. The van der Waals surface area contributed by atoms with Gasteiger partial charge in [-0.2, -0.15) is 4.52 Å². The second kappa shape index (κ2) is 11.0. The van der Waals surface area contributed by atoms with Crippen molar-refractivity contribution in [2.45, 2.75) is 5.03 Å². The van der Waals surface area contributed by atoms with E-state index in [4.69, 9.17) is 19.6 Å². The van der Waals surface area contributed by atoms with Crippen LogP contribution in [0.1, 0.15) is 0 Å². The van der Waals surface area contributed by atoms with Crippen LogP contribution in [0.3, 0.4) is 0 Å². The fourth-order valence-corrected chi connectivity index (χ4v) is 4.88. The van der Waals surface area contributed by atoms with Crippen LogP contribution in [0.4, 0.5) is 11.6 Å². The molecule has 1 aliphatic heterocycles. The number of furan rings is 1. The second-order valence-corrected chi connectivity index (χ2v) is 9.26. The number of ether oxygens (including phenoxy) is 2. The van der Waals surface area contributed by atoms with Crippen molar-refractivity contribution >= 4 is 29.0 Å². The summed E-state index contributed by atoms with van der Waals surface area (Å²) in [6.45, 7) is 6.20. The lowest BCUT2D eigenvalue weighted by molar-refractivity contribution is 0.146. The lowest BCUT2D eigenvalue weighted by Gasteiger charge is -2.36. The lowest BCUT2D eigenvalue weighted by atomic mass is 10.2. The van der Waals surface area contributed by atoms with Crippen LogP contribution in [0.15, 0.2) is 58.2 Å². The second-order valence-electron chi connectivity index (χ2n) is 8.15. The number of hydrogen-bond donors (Lipinski definition) is 1. The molecule has 0 saturated carbocycles. The van der Waals surface area contributed by atoms with Crippen molar-refractivity contribution in [1.82, 2.24) is 24.5 Å². The number of hydrogen-bond acceptors (Lipinski definition) is 10. The average molecular weight is 496 g/mol. The number of aromatic nitrogens is 4. The summed E-state index contributed by atoms with van der Waals surface area (Å²) < 4.78 is 17.6. The third-order valence-electron chi connectivity index (χ3n) is 5.86. The zero-order valence-corrected chi connectivity index (χ0v) is 20.5. The van der Waals surface area contributed by atoms with Gasteiger partial charge in [-0.1, -0.05) is 0 Å². The monoisotopic (exact) mass is 495 g/mol. The molecular weight excluding hydrogens is 466 g/mol. The predicted octanol–water partition coefficient (Wildman–Crippen LogP) is 2.91. The molecule has 10 nitrogen and oxygen atoms in total. The van der Waals surface area contributed by atoms with Crippen LogP contribution in [0.25, 0.3) is 17.2 Å². The third kappa shape index (κ3) is 5.69. The Hall–Kier alpha value is -3.28. The number of fused-ring (bicyclic) bond motifs is 1. The number of rotatable bonds is 10. The summed E-state index contributed by atoms with van der Waals surface area (Å²) in [5.41, 5.74) is 8.02. The summed E-state index contributed by atoms with van der Waals surface area (Å²) in [6.07, 6.45) is 1.60. The Morgan fingerprint density at radius 3 is 2.63 bits per heavy atom. The van der Waals surface area contributed by atoms with Crippen molar-refractivity contribution in [2.24, 2.45) is 0 Å². The smallest absolute Gasteiger partial charge is 0.224 e. The lowest BCUT2D eigenvalue weighted by Crippen LogP contribution is -2.47. The van der Waals surface area contributed by atoms with E-state index in [1.807, 2.05) is 24.3 Å². The number of thioether (sulfide) groups is 1. The molecule has 184 valence electrons. The van der Waals surface area contributed by atoms with Crippen molar-refractivity contribution in [3.8, 4) is 17.3 Å². The van der Waals surface area contributed by atoms with E-state index >= 15 is 0 Å². The van der Waals surface area contributed by atoms with Crippen LogP contribution >= 0.6 is 11.8 Å². The summed E-state index contributed by atoms with van der Waals surface area (Å²) >= 11 is 1.68. The van der Waals surface area contributed by atoms with E-state index in [1.54, 1.807) is 35.7 Å². The van der Waals surface area contributed by atoms with Gasteiger partial charge < -0.3 is 24.5 Å². The molecule has 1 fully saturated rings. The van der Waals surface area contributed by atoms with Gasteiger partial charge in [0.1, 0.15) is 17.4 Å². The Balaban J connectivity index is 1.09. The Bertz CT molecular complexity index is 1220. The maximum Gasteiger partial charge on any atom is 0.224 e. The van der Waals surface area contributed by atoms with Gasteiger partial charge in [0, 0.05) is 57.3 Å². The highest BCUT2D eigenvalue weighted by Gasteiger charge is 2.18. The van der Waals surface area contributed by atoms with Gasteiger partial charge in [-0.05, 0) is 36.4 Å². The van der Waals surface area contributed by atoms with E-state index < -0.39 is 0 Å². The van der Waals surface area contributed by atoms with Crippen molar-refractivity contribution in [3.63, 3.8) is 0 Å². The minimum atomic E-state index is 0.319. The summed E-state index contributed by atoms with van der Waals surface area (Å²) in [5, 5.41) is 5.24. The molecule has 1 aromatic carbocycles. The molecule has 0 unspecified atom stereocenters. The molecule has 0 atom stereocenters. The van der Waals surface area contributed by atoms with Crippen molar-refractivity contribution in [1.29, 1.82) is 0 Å². The first kappa shape index (κ1) is 23.5. The fraction of sp³-hybridized carbons (Fsp3) is 0.375. The van der Waals surface area contributed by atoms with Crippen LogP contribution in [-0.4, -0.2) is 83.3 Å². The first-order valence-corrected chi connectivity index (χ1v) is 12.6. The number of nitrogens with zero attached hydrogens (tertiary/aromatic N) is 6. The maximum absolute atomic E-state index is 6.12. The quantitative estimate of drug-likeness (QED) is 0.200. The Morgan fingerprint density at radius 2 is 1.89 bits per heavy atom. The standard InChI is InChI=1S/C24H29N7O3S/c1-32-14-15-33-19-6-4-18(5-7-19)30-10-8-29(9-11-30)12-16-35-22-17-21-26-23(20-3-2-13-34-20)28-31(21)24(25)27-22/h2-7,13,17H,8-12,14-16H2,1H3,(H2,25,27). The van der Waals surface area contributed by atoms with Crippen LogP contribution in [-0.2, 0) is 4.74 Å². The van der Waals surface area contributed by atoms with Gasteiger partial charge in [-0.25, -0.2) is 9.97 Å². The number of nitrogens with two attached hydrogens (primary N) is 1. The molecule has 4 aromatic rings. The van der Waals surface area contributed by atoms with Crippen molar-refractivity contribution in [3.05, 3.63) is 48.7 Å². The maximum atomic E-state index is 6.12. The molecule has 0 aliphatic carbocycles. The molecule has 0 radical (unpaired) electrons. The van der Waals surface area contributed by atoms with E-state index in [2.05, 4.69) is 37.0 Å². The van der Waals surface area contributed by atoms with Gasteiger partial charge in [0.05, 0.1) is 12.9 Å². The topological polar surface area (TPSA) is 107 Å². The normalized spacial score (nSPS) is 14.6. The van der Waals surface area contributed by atoms with Crippen LogP contribution < -0.4 is 15.4 Å². The summed E-state index contributed by atoms with van der Waals surface area (Å²) in [7, 11) is 1.67. The molecular formula is C24H29N7O3S. The molecule has 5 rings (SSSR count). The first-order valence-electron chi connectivity index (χ1n) is 11.6. The zero-order chi connectivity index (χ0) is 24.0. The fourth-order valence-electron chi connectivity index (χ4n) is 3.98. The Kier molecular flexibility index (Phi) is 7.36. The molecule has 11 heteroatoms. The molecule has 2 N–H and O–H groups in total. The van der Waals surface area contributed by atoms with Crippen molar-refractivity contribution < 1.29 is 13.9 Å². The van der Waals surface area contributed by atoms with Crippen LogP contribution in [0, 0.1) is 0 Å². The number of methoxy groups -OCH3 is 1. The summed E-state index contributed by atoms with van der Waals surface area (Å²) in [5.74, 6) is 3.22. The van der Waals surface area contributed by atoms with E-state index in [1.165, 1.54) is 5.69 Å². The van der Waals surface area contributed by atoms with E-state index in [9.17, 15) is 0 Å². The van der Waals surface area contributed by atoms with Gasteiger partial charge in [-0.3, -0.25) is 4.90 Å². The van der Waals surface area contributed by atoms with E-state index in [-0.39, 0.29) is 0 Å². The average Bonchev–Trinajstić information content (AvgIpc) is 3.56. The van der Waals surface area contributed by atoms with Crippen molar-refractivity contribution in [2.75, 3.05) is 69.4 Å². The van der Waals surface area contributed by atoms with Crippen LogP contribution in [0.2, 0.25) is 0 Å². The van der Waals surface area contributed by atoms with E-state index in [0.717, 1.165) is 49.3 Å². The predicted molar refractivity (Wildman–Crippen MR) is 136 cm³/mol. The van der Waals surface area contributed by atoms with Gasteiger partial charge in [0.2, 0.25) is 11.8 Å². The molecule has 0 amide bonds. The third-order valence-corrected chi connectivity index (χ3v) is 6.75. The zero-order valence-electron chi connectivity index (χ0n) is 19.7. The number of anilines is 2. The van der Waals surface area contributed by atoms with Gasteiger partial charge in [0.25, 0.3) is 0 Å². The molecule has 35 heavy (non-hydrogen) atoms.